The lowest BCUT2D eigenvalue weighted by Crippen LogP contribution is -2.56. The zero-order valence-corrected chi connectivity index (χ0v) is 17.3. The maximum absolute atomic E-state index is 13.0. The highest BCUT2D eigenvalue weighted by Crippen LogP contribution is 2.34. The fraction of sp³-hybridized carbons (Fsp3) is 0.429. The van der Waals surface area contributed by atoms with Crippen LogP contribution in [0.4, 0.5) is 0 Å². The Balaban J connectivity index is 1.47. The van der Waals surface area contributed by atoms with Gasteiger partial charge in [-0.2, -0.15) is 16.1 Å². The molecule has 0 saturated carbocycles. The third-order valence-electron chi connectivity index (χ3n) is 5.55. The summed E-state index contributed by atoms with van der Waals surface area (Å²) in [6, 6.07) is 18.2. The fourth-order valence-corrected chi connectivity index (χ4v) is 7.07. The predicted octanol–water partition coefficient (Wildman–Crippen LogP) is 3.38. The molecule has 2 aromatic carbocycles. The molecule has 2 aromatic rings. The van der Waals surface area contributed by atoms with E-state index < -0.39 is 10.0 Å². The second-order valence-corrected chi connectivity index (χ2v) is 10.7. The van der Waals surface area contributed by atoms with E-state index in [1.165, 1.54) is 5.56 Å². The van der Waals surface area contributed by atoms with E-state index in [1.54, 1.807) is 16.4 Å². The Morgan fingerprint density at radius 1 is 1.04 bits per heavy atom. The first-order valence-corrected chi connectivity index (χ1v) is 12.0. The molecule has 2 fully saturated rings. The van der Waals surface area contributed by atoms with Crippen molar-refractivity contribution in [3.8, 4) is 0 Å². The molecule has 144 valence electrons. The molecule has 0 aromatic heterocycles. The molecule has 0 amide bonds. The molecule has 4 rings (SSSR count). The molecule has 2 unspecified atom stereocenters. The summed E-state index contributed by atoms with van der Waals surface area (Å²) in [5.74, 6) is 1.06. The largest absolute Gasteiger partial charge is 0.294 e. The molecule has 2 heterocycles. The van der Waals surface area contributed by atoms with Crippen LogP contribution in [-0.2, 0) is 16.6 Å². The minimum atomic E-state index is -3.40. The molecule has 27 heavy (non-hydrogen) atoms. The van der Waals surface area contributed by atoms with E-state index in [4.69, 9.17) is 0 Å². The first-order valence-electron chi connectivity index (χ1n) is 9.50. The Morgan fingerprint density at radius 2 is 1.78 bits per heavy atom. The smallest absolute Gasteiger partial charge is 0.243 e. The number of nitrogens with zero attached hydrogens (tertiary/aromatic N) is 2. The van der Waals surface area contributed by atoms with Crippen LogP contribution in [0.5, 0.6) is 0 Å². The van der Waals surface area contributed by atoms with Crippen molar-refractivity contribution in [2.45, 2.75) is 36.1 Å². The van der Waals surface area contributed by atoms with Gasteiger partial charge in [0.25, 0.3) is 0 Å². The summed E-state index contributed by atoms with van der Waals surface area (Å²) in [6.07, 6.45) is 0.898. The van der Waals surface area contributed by atoms with Gasteiger partial charge >= 0.3 is 0 Å². The SMILES string of the molecule is Cc1ccc(S(=O)(=O)N2CCC3C(C2)SCCN3Cc2ccccc2)cc1. The van der Waals surface area contributed by atoms with Gasteiger partial charge in [-0.15, -0.1) is 0 Å². The predicted molar refractivity (Wildman–Crippen MR) is 111 cm³/mol. The summed E-state index contributed by atoms with van der Waals surface area (Å²) in [5, 5.41) is 0.344. The van der Waals surface area contributed by atoms with Gasteiger partial charge < -0.3 is 0 Å². The summed E-state index contributed by atoms with van der Waals surface area (Å²) in [7, 11) is -3.40. The van der Waals surface area contributed by atoms with Crippen molar-refractivity contribution in [1.82, 2.24) is 9.21 Å². The molecule has 0 N–H and O–H groups in total. The van der Waals surface area contributed by atoms with Gasteiger partial charge in [0.2, 0.25) is 10.0 Å². The van der Waals surface area contributed by atoms with E-state index >= 15 is 0 Å². The molecule has 0 aliphatic carbocycles. The summed E-state index contributed by atoms with van der Waals surface area (Å²) in [4.78, 5) is 2.96. The molecule has 0 spiro atoms. The Morgan fingerprint density at radius 3 is 2.52 bits per heavy atom. The standard InChI is InChI=1S/C21H26N2O2S2/c1-17-7-9-19(10-8-17)27(24,25)23-12-11-20-21(16-23)26-14-13-22(20)15-18-5-3-2-4-6-18/h2-10,20-21H,11-16H2,1H3. The molecule has 2 saturated heterocycles. The Hall–Kier alpha value is -1.34. The number of fused-ring (bicyclic) bond motifs is 1. The Kier molecular flexibility index (Phi) is 5.60. The summed E-state index contributed by atoms with van der Waals surface area (Å²) >= 11 is 1.93. The molecule has 2 aliphatic rings. The lowest BCUT2D eigenvalue weighted by Gasteiger charge is -2.46. The van der Waals surface area contributed by atoms with Crippen LogP contribution in [0.25, 0.3) is 0 Å². The van der Waals surface area contributed by atoms with Gasteiger partial charge in [-0.1, -0.05) is 48.0 Å². The van der Waals surface area contributed by atoms with E-state index in [0.717, 1.165) is 30.8 Å². The number of piperidine rings is 1. The van der Waals surface area contributed by atoms with Gasteiger partial charge in [0.1, 0.15) is 0 Å². The number of thioether (sulfide) groups is 1. The van der Waals surface area contributed by atoms with E-state index in [1.807, 2.05) is 36.9 Å². The van der Waals surface area contributed by atoms with Crippen LogP contribution in [0.3, 0.4) is 0 Å². The maximum Gasteiger partial charge on any atom is 0.243 e. The molecular weight excluding hydrogens is 376 g/mol. The second kappa shape index (κ2) is 7.95. The van der Waals surface area contributed by atoms with Gasteiger partial charge in [-0.25, -0.2) is 8.42 Å². The van der Waals surface area contributed by atoms with Crippen LogP contribution in [0, 0.1) is 6.92 Å². The average molecular weight is 403 g/mol. The molecule has 6 heteroatoms. The second-order valence-electron chi connectivity index (χ2n) is 7.40. The van der Waals surface area contributed by atoms with Crippen LogP contribution in [0.1, 0.15) is 17.5 Å². The highest BCUT2D eigenvalue weighted by molar-refractivity contribution is 8.00. The molecule has 2 atom stereocenters. The van der Waals surface area contributed by atoms with Crippen LogP contribution < -0.4 is 0 Å². The minimum Gasteiger partial charge on any atom is -0.294 e. The van der Waals surface area contributed by atoms with Gasteiger partial charge in [0.05, 0.1) is 4.90 Å². The summed E-state index contributed by atoms with van der Waals surface area (Å²) in [5.41, 5.74) is 2.41. The van der Waals surface area contributed by atoms with Crippen molar-refractivity contribution in [2.75, 3.05) is 25.4 Å². The normalized spacial score (nSPS) is 24.5. The Bertz CT molecular complexity index is 869. The number of aryl methyl sites for hydroxylation is 1. The summed E-state index contributed by atoms with van der Waals surface area (Å²) in [6.45, 7) is 5.21. The average Bonchev–Trinajstić information content (AvgIpc) is 2.69. The molecule has 0 radical (unpaired) electrons. The third kappa shape index (κ3) is 4.09. The lowest BCUT2D eigenvalue weighted by atomic mass is 10.0. The Labute approximate surface area is 166 Å². The van der Waals surface area contributed by atoms with Crippen LogP contribution in [0.15, 0.2) is 59.5 Å². The fourth-order valence-electron chi connectivity index (χ4n) is 4.04. The van der Waals surface area contributed by atoms with Crippen molar-refractivity contribution in [3.63, 3.8) is 0 Å². The third-order valence-corrected chi connectivity index (χ3v) is 8.74. The van der Waals surface area contributed by atoms with Gasteiger partial charge in [0, 0.05) is 43.2 Å². The first-order chi connectivity index (χ1) is 13.0. The van der Waals surface area contributed by atoms with Crippen molar-refractivity contribution in [2.24, 2.45) is 0 Å². The topological polar surface area (TPSA) is 40.6 Å². The van der Waals surface area contributed by atoms with Gasteiger partial charge in [-0.05, 0) is 31.0 Å². The lowest BCUT2D eigenvalue weighted by molar-refractivity contribution is 0.138. The highest BCUT2D eigenvalue weighted by atomic mass is 32.2. The van der Waals surface area contributed by atoms with Crippen LogP contribution in [-0.4, -0.2) is 54.3 Å². The number of hydrogen-bond donors (Lipinski definition) is 0. The number of rotatable bonds is 4. The van der Waals surface area contributed by atoms with E-state index in [0.29, 0.717) is 29.3 Å². The first kappa shape index (κ1) is 19.0. The van der Waals surface area contributed by atoms with E-state index in [-0.39, 0.29) is 0 Å². The van der Waals surface area contributed by atoms with E-state index in [9.17, 15) is 8.42 Å². The maximum atomic E-state index is 13.0. The van der Waals surface area contributed by atoms with Crippen molar-refractivity contribution in [3.05, 3.63) is 65.7 Å². The number of sulfonamides is 1. The van der Waals surface area contributed by atoms with Crippen molar-refractivity contribution < 1.29 is 8.42 Å². The number of benzene rings is 2. The zero-order valence-electron chi connectivity index (χ0n) is 15.6. The van der Waals surface area contributed by atoms with Gasteiger partial charge in [-0.3, -0.25) is 4.90 Å². The zero-order chi connectivity index (χ0) is 18.9. The minimum absolute atomic E-state index is 0.344. The van der Waals surface area contributed by atoms with Crippen LogP contribution >= 0.6 is 11.8 Å². The van der Waals surface area contributed by atoms with Crippen molar-refractivity contribution >= 4 is 21.8 Å². The highest BCUT2D eigenvalue weighted by Gasteiger charge is 2.40. The molecule has 2 aliphatic heterocycles. The van der Waals surface area contributed by atoms with Crippen LogP contribution in [0.2, 0.25) is 0 Å². The number of hydrogen-bond acceptors (Lipinski definition) is 4. The summed E-state index contributed by atoms with van der Waals surface area (Å²) < 4.78 is 27.8. The quantitative estimate of drug-likeness (QED) is 0.786. The molecule has 0 bridgehead atoms. The van der Waals surface area contributed by atoms with Gasteiger partial charge in [0.15, 0.2) is 0 Å². The molecular formula is C21H26N2O2S2. The van der Waals surface area contributed by atoms with Crippen molar-refractivity contribution in [1.29, 1.82) is 0 Å². The molecule has 4 nitrogen and oxygen atoms in total. The van der Waals surface area contributed by atoms with E-state index in [2.05, 4.69) is 29.2 Å². The monoisotopic (exact) mass is 402 g/mol.